The normalized spacial score (nSPS) is 10.1. The molecular weight excluding hydrogens is 222 g/mol. The summed E-state index contributed by atoms with van der Waals surface area (Å²) >= 11 is 0. The van der Waals surface area contributed by atoms with Crippen LogP contribution in [0.4, 0.5) is 5.69 Å². The Bertz CT molecular complexity index is 520. The molecule has 0 aliphatic rings. The van der Waals surface area contributed by atoms with Gasteiger partial charge in [-0.3, -0.25) is 4.79 Å². The highest BCUT2D eigenvalue weighted by atomic mass is 16.1. The van der Waals surface area contributed by atoms with Crippen molar-refractivity contribution >= 4 is 11.6 Å². The van der Waals surface area contributed by atoms with Gasteiger partial charge < -0.3 is 5.32 Å². The highest BCUT2D eigenvalue weighted by molar-refractivity contribution is 5.90. The summed E-state index contributed by atoms with van der Waals surface area (Å²) in [6.07, 6.45) is 1.30. The van der Waals surface area contributed by atoms with Crippen LogP contribution in [0.1, 0.15) is 17.5 Å². The van der Waals surface area contributed by atoms with E-state index in [1.165, 1.54) is 11.1 Å². The van der Waals surface area contributed by atoms with Gasteiger partial charge >= 0.3 is 0 Å². The number of para-hydroxylation sites is 1. The molecule has 92 valence electrons. The Morgan fingerprint density at radius 3 is 2.39 bits per heavy atom. The molecule has 0 saturated heterocycles. The molecule has 0 atom stereocenters. The van der Waals surface area contributed by atoms with Crippen molar-refractivity contribution in [3.8, 4) is 0 Å². The van der Waals surface area contributed by atoms with Crippen LogP contribution in [0.25, 0.3) is 0 Å². The maximum Gasteiger partial charge on any atom is 0.224 e. The summed E-state index contributed by atoms with van der Waals surface area (Å²) in [7, 11) is 0. The molecule has 0 aliphatic heterocycles. The average molecular weight is 239 g/mol. The van der Waals surface area contributed by atoms with Gasteiger partial charge in [0.05, 0.1) is 0 Å². The van der Waals surface area contributed by atoms with Gasteiger partial charge in [-0.25, -0.2) is 0 Å². The Labute approximate surface area is 108 Å². The zero-order chi connectivity index (χ0) is 12.8. The lowest BCUT2D eigenvalue weighted by molar-refractivity contribution is -0.116. The summed E-state index contributed by atoms with van der Waals surface area (Å²) in [5, 5.41) is 2.89. The monoisotopic (exact) mass is 239 g/mol. The van der Waals surface area contributed by atoms with E-state index in [4.69, 9.17) is 0 Å². The van der Waals surface area contributed by atoms with Gasteiger partial charge in [-0.2, -0.15) is 0 Å². The molecule has 2 aromatic rings. The van der Waals surface area contributed by atoms with Gasteiger partial charge in [0, 0.05) is 12.1 Å². The number of benzene rings is 2. The number of hydrogen-bond donors (Lipinski definition) is 1. The van der Waals surface area contributed by atoms with Gasteiger partial charge in [-0.1, -0.05) is 42.5 Å². The zero-order valence-electron chi connectivity index (χ0n) is 10.5. The second-order valence-corrected chi connectivity index (χ2v) is 4.34. The van der Waals surface area contributed by atoms with Gasteiger partial charge in [0.15, 0.2) is 0 Å². The summed E-state index contributed by atoms with van der Waals surface area (Å²) in [5.41, 5.74) is 3.33. The summed E-state index contributed by atoms with van der Waals surface area (Å²) < 4.78 is 0. The number of carbonyl (C=O) groups excluding carboxylic acids is 1. The minimum absolute atomic E-state index is 0.0597. The molecule has 0 saturated carbocycles. The molecule has 0 aliphatic carbocycles. The van der Waals surface area contributed by atoms with Crippen LogP contribution in [0.15, 0.2) is 54.6 Å². The van der Waals surface area contributed by atoms with Crippen molar-refractivity contribution in [2.24, 2.45) is 0 Å². The second kappa shape index (κ2) is 6.01. The van der Waals surface area contributed by atoms with Crippen molar-refractivity contribution in [2.45, 2.75) is 19.8 Å². The molecule has 18 heavy (non-hydrogen) atoms. The van der Waals surface area contributed by atoms with Crippen molar-refractivity contribution in [1.29, 1.82) is 0 Å². The average Bonchev–Trinajstić information content (AvgIpc) is 2.39. The molecule has 0 bridgehead atoms. The van der Waals surface area contributed by atoms with Crippen LogP contribution in [0, 0.1) is 6.92 Å². The van der Waals surface area contributed by atoms with Crippen LogP contribution in [0.2, 0.25) is 0 Å². The van der Waals surface area contributed by atoms with Crippen molar-refractivity contribution < 1.29 is 4.79 Å². The molecule has 2 aromatic carbocycles. The van der Waals surface area contributed by atoms with Crippen molar-refractivity contribution in [2.75, 3.05) is 5.32 Å². The number of amides is 1. The van der Waals surface area contributed by atoms with E-state index < -0.39 is 0 Å². The van der Waals surface area contributed by atoms with Crippen LogP contribution in [0.5, 0.6) is 0 Å². The third-order valence-electron chi connectivity index (χ3n) is 2.94. The first-order chi connectivity index (χ1) is 8.75. The number of anilines is 1. The third kappa shape index (κ3) is 3.45. The van der Waals surface area contributed by atoms with E-state index in [1.807, 2.05) is 42.5 Å². The maximum absolute atomic E-state index is 11.8. The van der Waals surface area contributed by atoms with Gasteiger partial charge in [0.2, 0.25) is 5.91 Å². The first-order valence-corrected chi connectivity index (χ1v) is 6.15. The van der Waals surface area contributed by atoms with E-state index in [9.17, 15) is 4.79 Å². The van der Waals surface area contributed by atoms with E-state index >= 15 is 0 Å². The van der Waals surface area contributed by atoms with Gasteiger partial charge in [0.25, 0.3) is 0 Å². The molecule has 2 heteroatoms. The number of nitrogens with one attached hydrogen (secondary N) is 1. The maximum atomic E-state index is 11.8. The van der Waals surface area contributed by atoms with Crippen molar-refractivity contribution in [3.63, 3.8) is 0 Å². The quantitative estimate of drug-likeness (QED) is 0.868. The molecule has 0 spiro atoms. The second-order valence-electron chi connectivity index (χ2n) is 4.34. The van der Waals surface area contributed by atoms with E-state index in [0.717, 1.165) is 12.1 Å². The number of hydrogen-bond acceptors (Lipinski definition) is 1. The fourth-order valence-electron chi connectivity index (χ4n) is 1.88. The smallest absolute Gasteiger partial charge is 0.224 e. The third-order valence-corrected chi connectivity index (χ3v) is 2.94. The Kier molecular flexibility index (Phi) is 4.13. The molecule has 2 rings (SSSR count). The van der Waals surface area contributed by atoms with Crippen LogP contribution in [-0.4, -0.2) is 5.91 Å². The van der Waals surface area contributed by atoms with Crippen LogP contribution in [0.3, 0.4) is 0 Å². The predicted molar refractivity (Wildman–Crippen MR) is 74.6 cm³/mol. The Morgan fingerprint density at radius 2 is 1.67 bits per heavy atom. The fraction of sp³-hybridized carbons (Fsp3) is 0.188. The highest BCUT2D eigenvalue weighted by Gasteiger charge is 2.04. The van der Waals surface area contributed by atoms with E-state index in [1.54, 1.807) is 0 Å². The molecule has 2 nitrogen and oxygen atoms in total. The minimum Gasteiger partial charge on any atom is -0.326 e. The lowest BCUT2D eigenvalue weighted by Gasteiger charge is -2.06. The number of rotatable bonds is 4. The van der Waals surface area contributed by atoms with Gasteiger partial charge in [-0.15, -0.1) is 0 Å². The zero-order valence-corrected chi connectivity index (χ0v) is 10.5. The largest absolute Gasteiger partial charge is 0.326 e. The standard InChI is InChI=1S/C16H17NO/c1-13-7-5-6-8-14(13)11-12-16(18)17-15-9-3-2-4-10-15/h2-10H,11-12H2,1H3,(H,17,18). The Hall–Kier alpha value is -2.09. The van der Waals surface area contributed by atoms with E-state index in [0.29, 0.717) is 6.42 Å². The molecule has 0 unspecified atom stereocenters. The molecule has 1 N–H and O–H groups in total. The Balaban J connectivity index is 1.88. The highest BCUT2D eigenvalue weighted by Crippen LogP contribution is 2.11. The molecule has 0 aromatic heterocycles. The summed E-state index contributed by atoms with van der Waals surface area (Å²) in [5.74, 6) is 0.0597. The van der Waals surface area contributed by atoms with Gasteiger partial charge in [0.1, 0.15) is 0 Å². The SMILES string of the molecule is Cc1ccccc1CCC(=O)Nc1ccccc1. The molecule has 1 amide bonds. The molecule has 0 radical (unpaired) electrons. The minimum atomic E-state index is 0.0597. The molecule has 0 heterocycles. The fourth-order valence-corrected chi connectivity index (χ4v) is 1.88. The molecular formula is C16H17NO. The van der Waals surface area contributed by atoms with Crippen molar-refractivity contribution in [1.82, 2.24) is 0 Å². The summed E-state index contributed by atoms with van der Waals surface area (Å²) in [6.45, 7) is 2.07. The predicted octanol–water partition coefficient (Wildman–Crippen LogP) is 3.57. The van der Waals surface area contributed by atoms with E-state index in [2.05, 4.69) is 24.4 Å². The van der Waals surface area contributed by atoms with E-state index in [-0.39, 0.29) is 5.91 Å². The lowest BCUT2D eigenvalue weighted by atomic mass is 10.0. The lowest BCUT2D eigenvalue weighted by Crippen LogP contribution is -2.12. The number of aryl methyl sites for hydroxylation is 2. The van der Waals surface area contributed by atoms with Crippen molar-refractivity contribution in [3.05, 3.63) is 65.7 Å². The molecule has 0 fully saturated rings. The number of carbonyl (C=O) groups is 1. The Morgan fingerprint density at radius 1 is 1.00 bits per heavy atom. The summed E-state index contributed by atoms with van der Waals surface area (Å²) in [6, 6.07) is 17.7. The van der Waals surface area contributed by atoms with Crippen LogP contribution in [-0.2, 0) is 11.2 Å². The van der Waals surface area contributed by atoms with Gasteiger partial charge in [-0.05, 0) is 36.6 Å². The summed E-state index contributed by atoms with van der Waals surface area (Å²) in [4.78, 5) is 11.8. The first-order valence-electron chi connectivity index (χ1n) is 6.15. The topological polar surface area (TPSA) is 29.1 Å². The van der Waals surface area contributed by atoms with Crippen LogP contribution < -0.4 is 5.32 Å². The first kappa shape index (κ1) is 12.4. The van der Waals surface area contributed by atoms with Crippen LogP contribution >= 0.6 is 0 Å².